The maximum atomic E-state index is 14.2. The molecule has 1 aromatic heterocycles. The van der Waals surface area contributed by atoms with Crippen molar-refractivity contribution >= 4 is 17.9 Å². The van der Waals surface area contributed by atoms with E-state index in [-0.39, 0.29) is 25.0 Å². The van der Waals surface area contributed by atoms with Crippen LogP contribution >= 0.6 is 0 Å². The highest BCUT2D eigenvalue weighted by molar-refractivity contribution is 5.92. The fraction of sp³-hybridized carbons (Fsp3) is 0.267. The smallest absolute Gasteiger partial charge is 0.329 e. The third kappa shape index (κ3) is 4.83. The molecule has 8 nitrogen and oxygen atoms in total. The van der Waals surface area contributed by atoms with Crippen LogP contribution in [0.3, 0.4) is 0 Å². The average Bonchev–Trinajstić information content (AvgIpc) is 2.93. The van der Waals surface area contributed by atoms with Gasteiger partial charge in [-0.25, -0.2) is 9.59 Å². The summed E-state index contributed by atoms with van der Waals surface area (Å²) in [5.41, 5.74) is 2.27. The molecule has 1 saturated heterocycles. The number of urea groups is 1. The normalized spacial score (nSPS) is 19.9. The Hall–Kier alpha value is -4.64. The lowest BCUT2D eigenvalue weighted by Gasteiger charge is -2.50. The molecular weight excluding hydrogens is 480 g/mol. The molecule has 2 aliphatic rings. The highest BCUT2D eigenvalue weighted by Gasteiger charge is 2.51. The summed E-state index contributed by atoms with van der Waals surface area (Å²) in [6, 6.07) is 21.2. The van der Waals surface area contributed by atoms with E-state index in [1.54, 1.807) is 24.2 Å². The van der Waals surface area contributed by atoms with Gasteiger partial charge in [0.05, 0.1) is 24.2 Å². The highest BCUT2D eigenvalue weighted by atomic mass is 16.4. The van der Waals surface area contributed by atoms with Crippen LogP contribution in [0.25, 0.3) is 0 Å². The number of carboxylic acids is 1. The first kappa shape index (κ1) is 25.0. The predicted octanol–water partition coefficient (Wildman–Crippen LogP) is 3.21. The molecule has 2 unspecified atom stereocenters. The van der Waals surface area contributed by atoms with Crippen molar-refractivity contribution in [2.24, 2.45) is 0 Å². The molecule has 1 fully saturated rings. The van der Waals surface area contributed by atoms with Gasteiger partial charge in [0.1, 0.15) is 6.04 Å². The summed E-state index contributed by atoms with van der Waals surface area (Å²) in [5.74, 6) is 3.81. The Bertz CT molecular complexity index is 1330. The van der Waals surface area contributed by atoms with E-state index in [9.17, 15) is 19.5 Å². The minimum Gasteiger partial charge on any atom is -0.480 e. The fourth-order valence-electron chi connectivity index (χ4n) is 5.28. The van der Waals surface area contributed by atoms with Gasteiger partial charge in [-0.2, -0.15) is 0 Å². The number of aliphatic carboxylic acids is 1. The van der Waals surface area contributed by atoms with Gasteiger partial charge in [-0.1, -0.05) is 78.6 Å². The first-order valence-corrected chi connectivity index (χ1v) is 12.5. The summed E-state index contributed by atoms with van der Waals surface area (Å²) in [5, 5.41) is 10.3. The van der Waals surface area contributed by atoms with Crippen molar-refractivity contribution < 1.29 is 19.5 Å². The lowest BCUT2D eigenvalue weighted by molar-refractivity contribution is -0.157. The fourth-order valence-corrected chi connectivity index (χ4v) is 5.28. The number of aromatic nitrogens is 1. The lowest BCUT2D eigenvalue weighted by Crippen LogP contribution is -2.70. The van der Waals surface area contributed by atoms with Gasteiger partial charge in [0.15, 0.2) is 6.04 Å². The first-order valence-electron chi connectivity index (χ1n) is 12.5. The average molecular weight is 509 g/mol. The lowest BCUT2D eigenvalue weighted by atomic mass is 9.86. The van der Waals surface area contributed by atoms with Crippen molar-refractivity contribution in [1.29, 1.82) is 0 Å². The number of pyridine rings is 1. The maximum Gasteiger partial charge on any atom is 0.329 e. The van der Waals surface area contributed by atoms with Crippen LogP contribution in [0.4, 0.5) is 4.79 Å². The van der Waals surface area contributed by atoms with E-state index in [0.717, 1.165) is 16.8 Å². The SMILES string of the molecule is CN(Cc1ccccn1)C(=O)N1C2CC#CC1[C@@H](C(=O)O)N(C(=O)C(c1ccccc1)c1ccccc1)C2. The summed E-state index contributed by atoms with van der Waals surface area (Å²) in [6.45, 7) is 0.355. The summed E-state index contributed by atoms with van der Waals surface area (Å²) in [6.07, 6.45) is 2.02. The van der Waals surface area contributed by atoms with Gasteiger partial charge in [0.2, 0.25) is 5.91 Å². The van der Waals surface area contributed by atoms with Crippen molar-refractivity contribution in [1.82, 2.24) is 19.7 Å². The van der Waals surface area contributed by atoms with Crippen LogP contribution in [0, 0.1) is 11.8 Å². The van der Waals surface area contributed by atoms with Crippen LogP contribution in [-0.2, 0) is 16.1 Å². The second kappa shape index (κ2) is 10.8. The number of hydrogen-bond donors (Lipinski definition) is 1. The third-order valence-electron chi connectivity index (χ3n) is 7.04. The molecule has 8 heteroatoms. The van der Waals surface area contributed by atoms with E-state index in [1.165, 1.54) is 9.80 Å². The number of hydrogen-bond acceptors (Lipinski definition) is 4. The predicted molar refractivity (Wildman–Crippen MR) is 141 cm³/mol. The third-order valence-corrected chi connectivity index (χ3v) is 7.04. The minimum atomic E-state index is -1.30. The highest BCUT2D eigenvalue weighted by Crippen LogP contribution is 2.33. The Morgan fingerprint density at radius 2 is 1.63 bits per heavy atom. The van der Waals surface area contributed by atoms with Gasteiger partial charge in [-0.05, 0) is 23.3 Å². The Morgan fingerprint density at radius 1 is 1.00 bits per heavy atom. The topological polar surface area (TPSA) is 94.1 Å². The van der Waals surface area contributed by atoms with Crippen LogP contribution in [0.15, 0.2) is 85.1 Å². The van der Waals surface area contributed by atoms with E-state index < -0.39 is 30.0 Å². The Labute approximate surface area is 221 Å². The molecule has 3 atom stereocenters. The number of fused-ring (bicyclic) bond motifs is 2. The molecular formula is C30H28N4O4. The van der Waals surface area contributed by atoms with Crippen LogP contribution in [0.1, 0.15) is 29.2 Å². The number of rotatable bonds is 6. The molecule has 0 saturated carbocycles. The van der Waals surface area contributed by atoms with Crippen molar-refractivity contribution in [3.63, 3.8) is 0 Å². The number of benzene rings is 2. The molecule has 0 radical (unpaired) electrons. The molecule has 0 spiro atoms. The number of carbonyl (C=O) groups is 3. The molecule has 5 rings (SSSR count). The van der Waals surface area contributed by atoms with Crippen molar-refractivity contribution in [3.05, 3.63) is 102 Å². The van der Waals surface area contributed by atoms with Crippen molar-refractivity contribution in [2.75, 3.05) is 13.6 Å². The van der Waals surface area contributed by atoms with E-state index >= 15 is 0 Å². The molecule has 38 heavy (non-hydrogen) atoms. The zero-order valence-electron chi connectivity index (χ0n) is 21.0. The number of piperazine rings is 1. The Kier molecular flexibility index (Phi) is 7.09. The molecule has 192 valence electrons. The molecule has 0 aliphatic carbocycles. The summed E-state index contributed by atoms with van der Waals surface area (Å²) in [7, 11) is 1.66. The monoisotopic (exact) mass is 508 g/mol. The standard InChI is InChI=1S/C30H28N4O4/c1-32(19-23-15-8-9-18-31-23)30(38)34-24-16-10-17-25(34)27(29(36)37)33(20-24)28(35)26(21-11-4-2-5-12-21)22-13-6-3-7-14-22/h2-9,11-15,18,24-27H,16,19-20H2,1H3,(H,36,37)/t24?,25?,27-/m0/s1. The Balaban J connectivity index is 1.47. The van der Waals surface area contributed by atoms with E-state index in [2.05, 4.69) is 16.8 Å². The van der Waals surface area contributed by atoms with Gasteiger partial charge in [-0.15, -0.1) is 0 Å². The number of amides is 3. The minimum absolute atomic E-state index is 0.0836. The van der Waals surface area contributed by atoms with Crippen LogP contribution in [0.2, 0.25) is 0 Å². The summed E-state index contributed by atoms with van der Waals surface area (Å²) in [4.78, 5) is 49.2. The molecule has 2 aromatic carbocycles. The van der Waals surface area contributed by atoms with Crippen molar-refractivity contribution in [3.8, 4) is 11.8 Å². The molecule has 2 aliphatic heterocycles. The van der Waals surface area contributed by atoms with Crippen LogP contribution in [0.5, 0.6) is 0 Å². The zero-order chi connectivity index (χ0) is 26.6. The molecule has 3 heterocycles. The van der Waals surface area contributed by atoms with Crippen molar-refractivity contribution in [2.45, 2.75) is 37.0 Å². The van der Waals surface area contributed by atoms with Crippen LogP contribution < -0.4 is 0 Å². The quantitative estimate of drug-likeness (QED) is 0.516. The van der Waals surface area contributed by atoms with E-state index in [1.807, 2.05) is 72.8 Å². The Morgan fingerprint density at radius 3 is 2.21 bits per heavy atom. The largest absolute Gasteiger partial charge is 0.480 e. The number of carboxylic acid groups (broad SMARTS) is 1. The second-order valence-electron chi connectivity index (χ2n) is 9.52. The summed E-state index contributed by atoms with van der Waals surface area (Å²) >= 11 is 0. The van der Waals surface area contributed by atoms with Gasteiger partial charge in [0, 0.05) is 26.2 Å². The summed E-state index contributed by atoms with van der Waals surface area (Å²) < 4.78 is 0. The number of carbonyl (C=O) groups excluding carboxylic acids is 2. The molecule has 1 N–H and O–H groups in total. The van der Waals surface area contributed by atoms with Gasteiger partial charge >= 0.3 is 12.0 Å². The first-order chi connectivity index (χ1) is 18.5. The van der Waals surface area contributed by atoms with E-state index in [4.69, 9.17) is 0 Å². The van der Waals surface area contributed by atoms with Gasteiger partial charge in [0.25, 0.3) is 0 Å². The maximum absolute atomic E-state index is 14.2. The molecule has 3 amide bonds. The van der Waals surface area contributed by atoms with E-state index in [0.29, 0.717) is 6.42 Å². The zero-order valence-corrected chi connectivity index (χ0v) is 21.0. The van der Waals surface area contributed by atoms with Gasteiger partial charge < -0.3 is 19.8 Å². The number of nitrogens with zero attached hydrogens (tertiary/aromatic N) is 4. The molecule has 2 bridgehead atoms. The second-order valence-corrected chi connectivity index (χ2v) is 9.52. The molecule has 3 aromatic rings. The van der Waals surface area contributed by atoms with Gasteiger partial charge in [-0.3, -0.25) is 9.78 Å². The van der Waals surface area contributed by atoms with Crippen LogP contribution in [-0.4, -0.2) is 74.4 Å².